The molecule has 0 unspecified atom stereocenters. The van der Waals surface area contributed by atoms with Gasteiger partial charge >= 0.3 is 0 Å². The molecule has 2 aromatic carbocycles. The maximum absolute atomic E-state index is 13.5. The van der Waals surface area contributed by atoms with Gasteiger partial charge in [-0.15, -0.1) is 0 Å². The van der Waals surface area contributed by atoms with E-state index in [-0.39, 0.29) is 12.5 Å². The molecule has 2 rings (SSSR count). The number of nitrogens with zero attached hydrogens (tertiary/aromatic N) is 2. The zero-order valence-electron chi connectivity index (χ0n) is 20.6. The SMILES string of the molecule is CCNC(=O)[C@@H](CC)N(Cc1ccc(C)cc1)C(=O)CN(c1ccc(OCC)cc1)S(C)(=O)=O. The lowest BCUT2D eigenvalue weighted by molar-refractivity contribution is -0.140. The first-order valence-electron chi connectivity index (χ1n) is 11.4. The molecule has 0 aliphatic rings. The Balaban J connectivity index is 2.39. The number of nitrogens with one attached hydrogen (secondary N) is 1. The van der Waals surface area contributed by atoms with Crippen LogP contribution in [0.15, 0.2) is 48.5 Å². The number of amides is 2. The van der Waals surface area contributed by atoms with Crippen LogP contribution in [0.25, 0.3) is 0 Å². The largest absolute Gasteiger partial charge is 0.494 e. The van der Waals surface area contributed by atoms with Crippen molar-refractivity contribution in [3.8, 4) is 5.75 Å². The first-order chi connectivity index (χ1) is 16.1. The average Bonchev–Trinajstić information content (AvgIpc) is 2.79. The molecule has 186 valence electrons. The van der Waals surface area contributed by atoms with E-state index in [1.807, 2.05) is 52.0 Å². The third-order valence-electron chi connectivity index (χ3n) is 5.33. The molecule has 0 aromatic heterocycles. The van der Waals surface area contributed by atoms with Gasteiger partial charge in [-0.1, -0.05) is 36.8 Å². The van der Waals surface area contributed by atoms with Crippen LogP contribution in [0.2, 0.25) is 0 Å². The van der Waals surface area contributed by atoms with E-state index < -0.39 is 28.5 Å². The third-order valence-corrected chi connectivity index (χ3v) is 6.47. The van der Waals surface area contributed by atoms with E-state index in [1.165, 1.54) is 4.90 Å². The molecule has 0 aliphatic heterocycles. The second-order valence-electron chi connectivity index (χ2n) is 8.02. The minimum Gasteiger partial charge on any atom is -0.494 e. The zero-order chi connectivity index (χ0) is 25.3. The minimum absolute atomic E-state index is 0.190. The molecule has 0 fully saturated rings. The summed E-state index contributed by atoms with van der Waals surface area (Å²) in [5.41, 5.74) is 2.28. The number of carbonyl (C=O) groups is 2. The van der Waals surface area contributed by atoms with Crippen molar-refractivity contribution in [1.29, 1.82) is 0 Å². The number of carbonyl (C=O) groups excluding carboxylic acids is 2. The number of hydrogen-bond donors (Lipinski definition) is 1. The minimum atomic E-state index is -3.77. The summed E-state index contributed by atoms with van der Waals surface area (Å²) in [6.07, 6.45) is 1.45. The summed E-state index contributed by atoms with van der Waals surface area (Å²) in [5, 5.41) is 2.78. The molecule has 0 bridgehead atoms. The average molecular weight is 490 g/mol. The van der Waals surface area contributed by atoms with Crippen molar-refractivity contribution in [1.82, 2.24) is 10.2 Å². The Labute approximate surface area is 202 Å². The van der Waals surface area contributed by atoms with Gasteiger partial charge in [-0.05, 0) is 57.0 Å². The van der Waals surface area contributed by atoms with E-state index in [4.69, 9.17) is 4.74 Å². The number of sulfonamides is 1. The van der Waals surface area contributed by atoms with Crippen molar-refractivity contribution in [2.45, 2.75) is 46.7 Å². The topological polar surface area (TPSA) is 96.0 Å². The predicted molar refractivity (Wildman–Crippen MR) is 134 cm³/mol. The molecular weight excluding hydrogens is 454 g/mol. The highest BCUT2D eigenvalue weighted by Gasteiger charge is 2.31. The van der Waals surface area contributed by atoms with Gasteiger partial charge in [0.2, 0.25) is 21.8 Å². The van der Waals surface area contributed by atoms with Crippen molar-refractivity contribution < 1.29 is 22.7 Å². The Bertz CT molecular complexity index is 1050. The second kappa shape index (κ2) is 12.4. The van der Waals surface area contributed by atoms with E-state index in [1.54, 1.807) is 24.3 Å². The van der Waals surface area contributed by atoms with Crippen LogP contribution in [0.4, 0.5) is 5.69 Å². The summed E-state index contributed by atoms with van der Waals surface area (Å²) in [6, 6.07) is 13.5. The van der Waals surface area contributed by atoms with Crippen LogP contribution in [0.3, 0.4) is 0 Å². The molecule has 2 aromatic rings. The quantitative estimate of drug-likeness (QED) is 0.494. The second-order valence-corrected chi connectivity index (χ2v) is 9.93. The molecule has 0 heterocycles. The third kappa shape index (κ3) is 7.48. The first kappa shape index (κ1) is 27.2. The first-order valence-corrected chi connectivity index (χ1v) is 13.3. The van der Waals surface area contributed by atoms with Gasteiger partial charge in [-0.3, -0.25) is 13.9 Å². The van der Waals surface area contributed by atoms with Crippen LogP contribution < -0.4 is 14.4 Å². The summed E-state index contributed by atoms with van der Waals surface area (Å²) >= 11 is 0. The number of anilines is 1. The van der Waals surface area contributed by atoms with E-state index in [9.17, 15) is 18.0 Å². The fraction of sp³-hybridized carbons (Fsp3) is 0.440. The molecule has 2 amide bonds. The molecule has 1 N–H and O–H groups in total. The highest BCUT2D eigenvalue weighted by atomic mass is 32.2. The number of rotatable bonds is 12. The number of likely N-dealkylation sites (N-methyl/N-ethyl adjacent to an activating group) is 1. The van der Waals surface area contributed by atoms with E-state index >= 15 is 0 Å². The van der Waals surface area contributed by atoms with Crippen molar-refractivity contribution >= 4 is 27.5 Å². The molecule has 1 atom stereocenters. The molecule has 0 saturated carbocycles. The fourth-order valence-corrected chi connectivity index (χ4v) is 4.44. The Kier molecular flexibility index (Phi) is 9.92. The lowest BCUT2D eigenvalue weighted by Crippen LogP contribution is -2.52. The Morgan fingerprint density at radius 2 is 1.62 bits per heavy atom. The van der Waals surface area contributed by atoms with Gasteiger partial charge in [0, 0.05) is 13.1 Å². The van der Waals surface area contributed by atoms with Crippen LogP contribution in [0.5, 0.6) is 5.75 Å². The van der Waals surface area contributed by atoms with Gasteiger partial charge in [-0.2, -0.15) is 0 Å². The van der Waals surface area contributed by atoms with Crippen molar-refractivity contribution in [2.75, 3.05) is 30.3 Å². The van der Waals surface area contributed by atoms with Crippen molar-refractivity contribution in [3.63, 3.8) is 0 Å². The molecule has 0 radical (unpaired) electrons. The number of hydrogen-bond acceptors (Lipinski definition) is 5. The summed E-state index contributed by atoms with van der Waals surface area (Å²) < 4.78 is 31.7. The van der Waals surface area contributed by atoms with Crippen LogP contribution >= 0.6 is 0 Å². The summed E-state index contributed by atoms with van der Waals surface area (Å²) in [6.45, 7) is 8.16. The smallest absolute Gasteiger partial charge is 0.244 e. The van der Waals surface area contributed by atoms with E-state index in [2.05, 4.69) is 5.32 Å². The summed E-state index contributed by atoms with van der Waals surface area (Å²) in [5.74, 6) is -0.121. The van der Waals surface area contributed by atoms with Gasteiger partial charge in [0.15, 0.2) is 0 Å². The van der Waals surface area contributed by atoms with Crippen LogP contribution in [-0.4, -0.2) is 57.1 Å². The standard InChI is InChI=1S/C25H35N3O5S/c1-6-23(25(30)26-7-2)27(17-20-11-9-19(4)10-12-20)24(29)18-28(34(5,31)32)21-13-15-22(16-14-21)33-8-3/h9-16,23H,6-8,17-18H2,1-5H3,(H,26,30)/t23-/m1/s1. The molecule has 8 nitrogen and oxygen atoms in total. The lowest BCUT2D eigenvalue weighted by Gasteiger charge is -2.32. The van der Waals surface area contributed by atoms with Crippen LogP contribution in [0, 0.1) is 6.92 Å². The maximum atomic E-state index is 13.5. The van der Waals surface area contributed by atoms with E-state index in [0.29, 0.717) is 31.0 Å². The van der Waals surface area contributed by atoms with Gasteiger partial charge < -0.3 is 15.0 Å². The number of benzene rings is 2. The van der Waals surface area contributed by atoms with Crippen LogP contribution in [0.1, 0.15) is 38.3 Å². The van der Waals surface area contributed by atoms with Gasteiger partial charge in [0.1, 0.15) is 18.3 Å². The van der Waals surface area contributed by atoms with Gasteiger partial charge in [0.25, 0.3) is 0 Å². The predicted octanol–water partition coefficient (Wildman–Crippen LogP) is 3.10. The zero-order valence-corrected chi connectivity index (χ0v) is 21.4. The van der Waals surface area contributed by atoms with Crippen LogP contribution in [-0.2, 0) is 26.2 Å². The molecule has 0 saturated heterocycles. The van der Waals surface area contributed by atoms with E-state index in [0.717, 1.165) is 21.7 Å². The van der Waals surface area contributed by atoms with Crippen molar-refractivity contribution in [2.24, 2.45) is 0 Å². The number of aryl methyl sites for hydroxylation is 1. The van der Waals surface area contributed by atoms with Gasteiger partial charge in [-0.25, -0.2) is 8.42 Å². The highest BCUT2D eigenvalue weighted by molar-refractivity contribution is 7.92. The fourth-order valence-electron chi connectivity index (χ4n) is 3.59. The Morgan fingerprint density at radius 3 is 2.12 bits per heavy atom. The van der Waals surface area contributed by atoms with Gasteiger partial charge in [0.05, 0.1) is 18.6 Å². The van der Waals surface area contributed by atoms with Crippen molar-refractivity contribution in [3.05, 3.63) is 59.7 Å². The monoisotopic (exact) mass is 489 g/mol. The molecule has 34 heavy (non-hydrogen) atoms. The lowest BCUT2D eigenvalue weighted by atomic mass is 10.1. The number of ether oxygens (including phenoxy) is 1. The summed E-state index contributed by atoms with van der Waals surface area (Å²) in [4.78, 5) is 27.8. The summed E-state index contributed by atoms with van der Waals surface area (Å²) in [7, 11) is -3.77. The Morgan fingerprint density at radius 1 is 1.00 bits per heavy atom. The normalized spacial score (nSPS) is 12.0. The maximum Gasteiger partial charge on any atom is 0.244 e. The Hall–Kier alpha value is -3.07. The molecular formula is C25H35N3O5S. The highest BCUT2D eigenvalue weighted by Crippen LogP contribution is 2.23. The molecule has 0 aliphatic carbocycles. The molecule has 9 heteroatoms. The molecule has 0 spiro atoms.